The van der Waals surface area contributed by atoms with E-state index in [1.54, 1.807) is 11.9 Å². The summed E-state index contributed by atoms with van der Waals surface area (Å²) in [5, 5.41) is 12.2. The molecule has 1 aromatic rings. The molecule has 2 rings (SSSR count). The minimum atomic E-state index is 0.673. The number of hydrogen-bond acceptors (Lipinski definition) is 4. The summed E-state index contributed by atoms with van der Waals surface area (Å²) in [5.41, 5.74) is 1.74. The van der Waals surface area contributed by atoms with Crippen molar-refractivity contribution >= 4 is 17.7 Å². The summed E-state index contributed by atoms with van der Waals surface area (Å²) in [6.45, 7) is 0.673. The predicted octanol–water partition coefficient (Wildman–Crippen LogP) is 1.16. The zero-order chi connectivity index (χ0) is 9.42. The van der Waals surface area contributed by atoms with E-state index in [0.717, 1.165) is 16.3 Å². The molecule has 13 heavy (non-hydrogen) atoms. The van der Waals surface area contributed by atoms with Crippen molar-refractivity contribution < 1.29 is 5.21 Å². The van der Waals surface area contributed by atoms with Gasteiger partial charge in [-0.25, -0.2) is 4.31 Å². The molecule has 0 saturated carbocycles. The second-order valence-electron chi connectivity index (χ2n) is 3.06. The molecule has 0 unspecified atom stereocenters. The molecule has 0 bridgehead atoms. The maximum atomic E-state index is 8.84. The van der Waals surface area contributed by atoms with E-state index in [-0.39, 0.29) is 0 Å². The van der Waals surface area contributed by atoms with E-state index in [9.17, 15) is 0 Å². The topological polar surface area (TPSA) is 40.8 Å². The molecule has 0 radical (unpaired) electrons. The quantitative estimate of drug-likeness (QED) is 0.385. The third kappa shape index (κ3) is 1.34. The summed E-state index contributed by atoms with van der Waals surface area (Å²) in [6.07, 6.45) is 1.97. The van der Waals surface area contributed by atoms with E-state index >= 15 is 0 Å². The number of aryl methyl sites for hydroxylation is 1. The summed E-state index contributed by atoms with van der Waals surface area (Å²) in [4.78, 5) is 1.14. The highest BCUT2D eigenvalue weighted by atomic mass is 32.2. The molecular weight excluding hydrogens is 186 g/mol. The van der Waals surface area contributed by atoms with Gasteiger partial charge in [0.1, 0.15) is 5.71 Å². The molecule has 1 aromatic heterocycles. The molecule has 0 aromatic carbocycles. The maximum absolute atomic E-state index is 8.84. The van der Waals surface area contributed by atoms with E-state index in [1.165, 1.54) is 0 Å². The molecule has 0 atom stereocenters. The minimum absolute atomic E-state index is 0.673. The monoisotopic (exact) mass is 197 g/mol. The first-order valence-electron chi connectivity index (χ1n) is 3.98. The van der Waals surface area contributed by atoms with E-state index in [2.05, 4.69) is 5.16 Å². The number of fused-ring (bicyclic) bond motifs is 1. The Morgan fingerprint density at radius 1 is 1.54 bits per heavy atom. The summed E-state index contributed by atoms with van der Waals surface area (Å²) < 4.78 is 4.02. The van der Waals surface area contributed by atoms with Gasteiger partial charge in [-0.2, -0.15) is 0 Å². The highest BCUT2D eigenvalue weighted by Crippen LogP contribution is 2.30. The Hall–Kier alpha value is -0.940. The van der Waals surface area contributed by atoms with Crippen LogP contribution in [-0.2, 0) is 7.05 Å². The first kappa shape index (κ1) is 8.65. The molecule has 1 N–H and O–H groups in total. The Labute approximate surface area is 81.0 Å². The summed E-state index contributed by atoms with van der Waals surface area (Å²) >= 11 is 1.67. The molecule has 0 spiro atoms. The molecule has 0 saturated heterocycles. The highest BCUT2D eigenvalue weighted by Gasteiger charge is 2.23. The lowest BCUT2D eigenvalue weighted by atomic mass is 10.2. The van der Waals surface area contributed by atoms with E-state index < -0.39 is 0 Å². The van der Waals surface area contributed by atoms with Crippen LogP contribution in [0.4, 0.5) is 0 Å². The van der Waals surface area contributed by atoms with Crippen molar-refractivity contribution in [1.82, 2.24) is 8.87 Å². The van der Waals surface area contributed by atoms with Crippen molar-refractivity contribution in [2.75, 3.05) is 13.6 Å². The predicted molar refractivity (Wildman–Crippen MR) is 52.2 cm³/mol. The Bertz CT molecular complexity index is 358. The average Bonchev–Trinajstić information content (AvgIpc) is 2.46. The standard InChI is InChI=1S/C8H11N3OS/c1-10-4-3-7-8(10)6(9-12)5-11(2)13-7/h3-4,12H,5H2,1-2H3/b9-6-. The summed E-state index contributed by atoms with van der Waals surface area (Å²) in [6, 6.07) is 2.03. The molecule has 4 nitrogen and oxygen atoms in total. The Balaban J connectivity index is 2.52. The number of likely N-dealkylation sites (N-methyl/N-ethyl adjacent to an activating group) is 1. The fraction of sp³-hybridized carbons (Fsp3) is 0.375. The zero-order valence-corrected chi connectivity index (χ0v) is 8.38. The van der Waals surface area contributed by atoms with Crippen molar-refractivity contribution in [3.8, 4) is 0 Å². The number of oxime groups is 1. The van der Waals surface area contributed by atoms with Gasteiger partial charge in [-0.15, -0.1) is 0 Å². The van der Waals surface area contributed by atoms with E-state index in [4.69, 9.17) is 5.21 Å². The van der Waals surface area contributed by atoms with Crippen LogP contribution in [0.3, 0.4) is 0 Å². The Morgan fingerprint density at radius 3 is 3.00 bits per heavy atom. The van der Waals surface area contributed by atoms with Crippen LogP contribution in [0.1, 0.15) is 5.69 Å². The van der Waals surface area contributed by atoms with Gasteiger partial charge in [0.2, 0.25) is 0 Å². The second-order valence-corrected chi connectivity index (χ2v) is 4.31. The smallest absolute Gasteiger partial charge is 0.119 e. The molecule has 70 valence electrons. The van der Waals surface area contributed by atoms with Crippen LogP contribution >= 0.6 is 11.9 Å². The molecule has 0 fully saturated rings. The van der Waals surface area contributed by atoms with Crippen LogP contribution in [0.15, 0.2) is 22.3 Å². The van der Waals surface area contributed by atoms with Crippen molar-refractivity contribution in [3.63, 3.8) is 0 Å². The highest BCUT2D eigenvalue weighted by molar-refractivity contribution is 7.97. The van der Waals surface area contributed by atoms with Crippen LogP contribution in [0.5, 0.6) is 0 Å². The van der Waals surface area contributed by atoms with Crippen molar-refractivity contribution in [2.24, 2.45) is 12.2 Å². The zero-order valence-electron chi connectivity index (χ0n) is 7.56. The van der Waals surface area contributed by atoms with Gasteiger partial charge in [0.25, 0.3) is 0 Å². The van der Waals surface area contributed by atoms with Gasteiger partial charge >= 0.3 is 0 Å². The third-order valence-corrected chi connectivity index (χ3v) is 3.02. The second kappa shape index (κ2) is 3.08. The number of hydrogen-bond donors (Lipinski definition) is 1. The van der Waals surface area contributed by atoms with Crippen LogP contribution in [0, 0.1) is 0 Å². The average molecular weight is 197 g/mol. The molecule has 0 aliphatic carbocycles. The van der Waals surface area contributed by atoms with Gasteiger partial charge in [-0.3, -0.25) is 0 Å². The maximum Gasteiger partial charge on any atom is 0.119 e. The lowest BCUT2D eigenvalue weighted by molar-refractivity contribution is 0.316. The molecular formula is C8H11N3OS. The van der Waals surface area contributed by atoms with Crippen LogP contribution < -0.4 is 0 Å². The Morgan fingerprint density at radius 2 is 2.31 bits per heavy atom. The lowest BCUT2D eigenvalue weighted by Crippen LogP contribution is -2.27. The van der Waals surface area contributed by atoms with Crippen molar-refractivity contribution in [2.45, 2.75) is 4.90 Å². The van der Waals surface area contributed by atoms with Gasteiger partial charge in [0.05, 0.1) is 17.1 Å². The first-order valence-corrected chi connectivity index (χ1v) is 4.75. The SMILES string of the molecule is CN1C/C(=N/O)c2c(ccn2C)S1. The van der Waals surface area contributed by atoms with Gasteiger partial charge in [0.15, 0.2) is 0 Å². The van der Waals surface area contributed by atoms with Crippen LogP contribution in [0.25, 0.3) is 0 Å². The molecule has 0 amide bonds. The third-order valence-electron chi connectivity index (χ3n) is 2.06. The van der Waals surface area contributed by atoms with Gasteiger partial charge in [-0.1, -0.05) is 5.16 Å². The van der Waals surface area contributed by atoms with E-state index in [1.807, 2.05) is 35.2 Å². The molecule has 2 heterocycles. The van der Waals surface area contributed by atoms with Gasteiger partial charge in [0, 0.05) is 13.2 Å². The fourth-order valence-electron chi connectivity index (χ4n) is 1.49. The molecule has 1 aliphatic heterocycles. The number of nitrogens with zero attached hydrogens (tertiary/aromatic N) is 3. The van der Waals surface area contributed by atoms with Crippen molar-refractivity contribution in [1.29, 1.82) is 0 Å². The first-order chi connectivity index (χ1) is 6.22. The largest absolute Gasteiger partial charge is 0.411 e. The summed E-state index contributed by atoms with van der Waals surface area (Å²) in [7, 11) is 3.93. The minimum Gasteiger partial charge on any atom is -0.411 e. The molecule has 5 heteroatoms. The van der Waals surface area contributed by atoms with E-state index in [0.29, 0.717) is 6.54 Å². The number of aromatic nitrogens is 1. The number of rotatable bonds is 0. The van der Waals surface area contributed by atoms with Crippen LogP contribution in [0.2, 0.25) is 0 Å². The van der Waals surface area contributed by atoms with Crippen molar-refractivity contribution in [3.05, 3.63) is 18.0 Å². The lowest BCUT2D eigenvalue weighted by Gasteiger charge is -2.22. The van der Waals surface area contributed by atoms with Crippen LogP contribution in [-0.4, -0.2) is 33.4 Å². The Kier molecular flexibility index (Phi) is 2.05. The molecule has 1 aliphatic rings. The summed E-state index contributed by atoms with van der Waals surface area (Å²) in [5.74, 6) is 0. The van der Waals surface area contributed by atoms with Gasteiger partial charge < -0.3 is 9.77 Å². The van der Waals surface area contributed by atoms with Gasteiger partial charge in [-0.05, 0) is 25.1 Å². The fourth-order valence-corrected chi connectivity index (χ4v) is 2.48. The normalized spacial score (nSPS) is 20.6.